The van der Waals surface area contributed by atoms with Crippen molar-refractivity contribution in [2.45, 2.75) is 26.3 Å². The van der Waals surface area contributed by atoms with Gasteiger partial charge in [0.2, 0.25) is 0 Å². The van der Waals surface area contributed by atoms with Gasteiger partial charge in [0.15, 0.2) is 0 Å². The fourth-order valence-electron chi connectivity index (χ4n) is 1.82. The Morgan fingerprint density at radius 2 is 2.27 bits per heavy atom. The Kier molecular flexibility index (Phi) is 3.34. The minimum Gasteiger partial charge on any atom is -0.370 e. The van der Waals surface area contributed by atoms with E-state index in [0.717, 1.165) is 37.1 Å². The van der Waals surface area contributed by atoms with Gasteiger partial charge in [0, 0.05) is 12.3 Å². The summed E-state index contributed by atoms with van der Waals surface area (Å²) in [6.45, 7) is 5.82. The Labute approximate surface area is 90.9 Å². The number of nitrogens with one attached hydrogen (secondary N) is 1. The number of hydrogen-bond acceptors (Lipinski definition) is 3. The average Bonchev–Trinajstić information content (AvgIpc) is 2.43. The second kappa shape index (κ2) is 4.73. The smallest absolute Gasteiger partial charge is 0.117 e. The summed E-state index contributed by atoms with van der Waals surface area (Å²) in [5.41, 5.74) is 2.10. The maximum Gasteiger partial charge on any atom is 0.117 e. The molecule has 1 N–H and O–H groups in total. The molecule has 0 aromatic carbocycles. The van der Waals surface area contributed by atoms with Gasteiger partial charge >= 0.3 is 0 Å². The maximum atomic E-state index is 5.62. The lowest BCUT2D eigenvalue weighted by Crippen LogP contribution is -2.25. The molecule has 0 saturated carbocycles. The molecule has 1 aliphatic rings. The van der Waals surface area contributed by atoms with Gasteiger partial charge in [0.25, 0.3) is 0 Å². The third kappa shape index (κ3) is 2.55. The molecule has 0 aliphatic carbocycles. The quantitative estimate of drug-likeness (QED) is 0.761. The lowest BCUT2D eigenvalue weighted by molar-refractivity contribution is 0.141. The van der Waals surface area contributed by atoms with Crippen LogP contribution in [0.25, 0.3) is 0 Å². The van der Waals surface area contributed by atoms with Crippen molar-refractivity contribution in [1.82, 2.24) is 10.3 Å². The van der Waals surface area contributed by atoms with Crippen LogP contribution in [0, 0.1) is 13.0 Å². The molecule has 1 aromatic heterocycles. The zero-order valence-electron chi connectivity index (χ0n) is 9.29. The van der Waals surface area contributed by atoms with Crippen LogP contribution in [0.4, 0.5) is 0 Å². The van der Waals surface area contributed by atoms with Gasteiger partial charge in [0.05, 0.1) is 11.7 Å². The Morgan fingerprint density at radius 3 is 3.07 bits per heavy atom. The zero-order chi connectivity index (χ0) is 10.7. The number of hydrogen-bond donors (Lipinski definition) is 1. The first-order valence-electron chi connectivity index (χ1n) is 5.40. The predicted octanol–water partition coefficient (Wildman–Crippen LogP) is 1.99. The van der Waals surface area contributed by atoms with E-state index in [1.165, 1.54) is 0 Å². The monoisotopic (exact) mass is 205 g/mol. The molecular formula is C12H17N2O. The van der Waals surface area contributed by atoms with Crippen LogP contribution in [-0.2, 0) is 4.74 Å². The molecule has 2 heterocycles. The van der Waals surface area contributed by atoms with E-state index in [2.05, 4.69) is 10.3 Å². The van der Waals surface area contributed by atoms with E-state index in [-0.39, 0.29) is 6.04 Å². The normalized spacial score (nSPS) is 23.7. The molecular weight excluding hydrogens is 188 g/mol. The highest BCUT2D eigenvalue weighted by molar-refractivity contribution is 5.17. The molecule has 1 radical (unpaired) electrons. The van der Waals surface area contributed by atoms with E-state index in [1.807, 2.05) is 32.0 Å². The third-order valence-corrected chi connectivity index (χ3v) is 2.61. The minimum absolute atomic E-state index is 0.146. The Morgan fingerprint density at radius 1 is 1.40 bits per heavy atom. The van der Waals surface area contributed by atoms with Crippen LogP contribution in [-0.4, -0.2) is 18.1 Å². The lowest BCUT2D eigenvalue weighted by atomic mass is 10.1. The summed E-state index contributed by atoms with van der Waals surface area (Å²) >= 11 is 0. The molecule has 81 valence electrons. The summed E-state index contributed by atoms with van der Waals surface area (Å²) in [7, 11) is 0. The van der Waals surface area contributed by atoms with Crippen LogP contribution in [0.3, 0.4) is 0 Å². The average molecular weight is 205 g/mol. The summed E-state index contributed by atoms with van der Waals surface area (Å²) in [5.74, 6) is 0. The topological polar surface area (TPSA) is 34.1 Å². The summed E-state index contributed by atoms with van der Waals surface area (Å²) in [6.07, 6.45) is 2.07. The van der Waals surface area contributed by atoms with Crippen molar-refractivity contribution in [3.8, 4) is 0 Å². The number of aryl methyl sites for hydroxylation is 1. The Balaban J connectivity index is 2.20. The first-order chi connectivity index (χ1) is 7.27. The Hall–Kier alpha value is -0.930. The molecule has 1 aromatic rings. The lowest BCUT2D eigenvalue weighted by Gasteiger charge is -2.20. The highest BCUT2D eigenvalue weighted by Crippen LogP contribution is 2.25. The molecule has 2 rings (SSSR count). The zero-order valence-corrected chi connectivity index (χ0v) is 9.29. The molecule has 0 spiro atoms. The molecule has 3 heteroatoms. The van der Waals surface area contributed by atoms with Crippen molar-refractivity contribution >= 4 is 0 Å². The summed E-state index contributed by atoms with van der Waals surface area (Å²) in [6, 6.07) is 6.24. The molecule has 1 fully saturated rings. The second-order valence-corrected chi connectivity index (χ2v) is 3.90. The summed E-state index contributed by atoms with van der Waals surface area (Å²) < 4.78 is 5.62. The van der Waals surface area contributed by atoms with Crippen LogP contribution < -0.4 is 5.32 Å². The Bertz CT molecular complexity index is 327. The van der Waals surface area contributed by atoms with Crippen LogP contribution in [0.15, 0.2) is 18.2 Å². The molecule has 1 unspecified atom stereocenters. The summed E-state index contributed by atoms with van der Waals surface area (Å²) in [5, 5.41) is 3.45. The molecule has 15 heavy (non-hydrogen) atoms. The van der Waals surface area contributed by atoms with Gasteiger partial charge in [-0.25, -0.2) is 0 Å². The minimum atomic E-state index is 0.146. The molecule has 1 aliphatic heterocycles. The van der Waals surface area contributed by atoms with Crippen molar-refractivity contribution in [2.24, 2.45) is 0 Å². The van der Waals surface area contributed by atoms with Gasteiger partial charge in [-0.2, -0.15) is 0 Å². The van der Waals surface area contributed by atoms with Gasteiger partial charge in [-0.05, 0) is 38.9 Å². The van der Waals surface area contributed by atoms with Gasteiger partial charge < -0.3 is 10.1 Å². The molecule has 0 amide bonds. The molecule has 0 bridgehead atoms. The number of nitrogens with zero attached hydrogens (tertiary/aromatic N) is 1. The number of pyridine rings is 1. The van der Waals surface area contributed by atoms with Crippen molar-refractivity contribution < 1.29 is 4.74 Å². The first kappa shape index (κ1) is 10.6. The van der Waals surface area contributed by atoms with E-state index in [0.29, 0.717) is 0 Å². The van der Waals surface area contributed by atoms with Crippen LogP contribution in [0.1, 0.15) is 30.8 Å². The van der Waals surface area contributed by atoms with Crippen molar-refractivity contribution in [1.29, 1.82) is 0 Å². The van der Waals surface area contributed by atoms with E-state index in [4.69, 9.17) is 4.74 Å². The van der Waals surface area contributed by atoms with E-state index < -0.39 is 0 Å². The third-order valence-electron chi connectivity index (χ3n) is 2.61. The highest BCUT2D eigenvalue weighted by Gasteiger charge is 2.23. The number of rotatable bonds is 1. The SMILES string of the molecule is C[C]1OCCCNC1c1cccc(C)n1. The molecule has 3 nitrogen and oxygen atoms in total. The van der Waals surface area contributed by atoms with Gasteiger partial charge in [0.1, 0.15) is 6.10 Å². The van der Waals surface area contributed by atoms with Gasteiger partial charge in [-0.15, -0.1) is 0 Å². The maximum absolute atomic E-state index is 5.62. The van der Waals surface area contributed by atoms with Crippen LogP contribution >= 0.6 is 0 Å². The largest absolute Gasteiger partial charge is 0.370 e. The van der Waals surface area contributed by atoms with Crippen molar-refractivity contribution in [3.63, 3.8) is 0 Å². The highest BCUT2D eigenvalue weighted by atomic mass is 16.5. The van der Waals surface area contributed by atoms with Gasteiger partial charge in [-0.3, -0.25) is 4.98 Å². The molecule has 1 atom stereocenters. The standard InChI is InChI=1S/C12H17N2O/c1-9-5-3-6-11(14-9)12-10(2)15-8-4-7-13-12/h3,5-6,12-13H,4,7-8H2,1-2H3. The fraction of sp³-hybridized carbons (Fsp3) is 0.500. The van der Waals surface area contributed by atoms with Crippen LogP contribution in [0.5, 0.6) is 0 Å². The molecule has 1 saturated heterocycles. The predicted molar refractivity (Wildman–Crippen MR) is 59.2 cm³/mol. The van der Waals surface area contributed by atoms with Gasteiger partial charge in [-0.1, -0.05) is 6.07 Å². The number of aromatic nitrogens is 1. The first-order valence-corrected chi connectivity index (χ1v) is 5.40. The summed E-state index contributed by atoms with van der Waals surface area (Å²) in [4.78, 5) is 4.53. The van der Waals surface area contributed by atoms with Crippen LogP contribution in [0.2, 0.25) is 0 Å². The van der Waals surface area contributed by atoms with E-state index in [9.17, 15) is 0 Å². The van der Waals surface area contributed by atoms with Crippen molar-refractivity contribution in [3.05, 3.63) is 35.7 Å². The van der Waals surface area contributed by atoms with Crippen molar-refractivity contribution in [2.75, 3.05) is 13.2 Å². The number of ether oxygens (including phenoxy) is 1. The van der Waals surface area contributed by atoms with E-state index in [1.54, 1.807) is 0 Å². The fourth-order valence-corrected chi connectivity index (χ4v) is 1.82. The van der Waals surface area contributed by atoms with E-state index >= 15 is 0 Å². The second-order valence-electron chi connectivity index (χ2n) is 3.90.